The van der Waals surface area contributed by atoms with Crippen LogP contribution in [0.4, 0.5) is 10.1 Å². The summed E-state index contributed by atoms with van der Waals surface area (Å²) in [5.74, 6) is -1.91. The van der Waals surface area contributed by atoms with Gasteiger partial charge in [0.05, 0.1) is 12.0 Å². The number of hydrogen-bond donors (Lipinski definition) is 2. The van der Waals surface area contributed by atoms with Gasteiger partial charge in [-0.25, -0.2) is 4.39 Å². The molecule has 0 aromatic heterocycles. The largest absolute Gasteiger partial charge is 0.481 e. The molecule has 72 valence electrons. The Labute approximate surface area is 79.4 Å². The summed E-state index contributed by atoms with van der Waals surface area (Å²) in [6, 6.07) is 3.88. The molecular weight excluding hydrogens is 187 g/mol. The highest BCUT2D eigenvalue weighted by Crippen LogP contribution is 2.20. The van der Waals surface area contributed by atoms with Crippen LogP contribution in [0, 0.1) is 17.1 Å². The third kappa shape index (κ3) is 1.80. The summed E-state index contributed by atoms with van der Waals surface area (Å²) in [7, 11) is 0. The number of rotatable bonds is 2. The number of hydrogen-bond acceptors (Lipinski definition) is 3. The highest BCUT2D eigenvalue weighted by atomic mass is 19.1. The third-order valence-electron chi connectivity index (χ3n) is 1.74. The molecular formula is C9H7FN2O2. The average Bonchev–Trinajstić information content (AvgIpc) is 2.11. The Morgan fingerprint density at radius 3 is 2.79 bits per heavy atom. The van der Waals surface area contributed by atoms with E-state index in [1.807, 2.05) is 0 Å². The summed E-state index contributed by atoms with van der Waals surface area (Å²) in [5.41, 5.74) is 5.28. The molecule has 0 spiro atoms. The van der Waals surface area contributed by atoms with Crippen LogP contribution in [0.5, 0.6) is 0 Å². The molecule has 0 saturated carbocycles. The second-order valence-electron chi connectivity index (χ2n) is 2.67. The van der Waals surface area contributed by atoms with Crippen molar-refractivity contribution >= 4 is 11.7 Å². The van der Waals surface area contributed by atoms with Crippen molar-refractivity contribution in [1.29, 1.82) is 5.26 Å². The molecule has 0 fully saturated rings. The standard InChI is InChI=1S/C9H7FN2O2/c10-7-1-2-8(12)5(3-9(13)14)6(7)4-11/h1-2H,3,12H2,(H,13,14). The number of nitriles is 1. The van der Waals surface area contributed by atoms with Gasteiger partial charge in [0.2, 0.25) is 0 Å². The minimum absolute atomic E-state index is 0.0278. The number of benzene rings is 1. The average molecular weight is 194 g/mol. The fourth-order valence-electron chi connectivity index (χ4n) is 1.10. The van der Waals surface area contributed by atoms with E-state index >= 15 is 0 Å². The van der Waals surface area contributed by atoms with Gasteiger partial charge in [0.25, 0.3) is 0 Å². The highest BCUT2D eigenvalue weighted by molar-refractivity contribution is 5.74. The quantitative estimate of drug-likeness (QED) is 0.685. The van der Waals surface area contributed by atoms with Crippen LogP contribution < -0.4 is 5.73 Å². The molecule has 5 heteroatoms. The Morgan fingerprint density at radius 1 is 1.64 bits per heavy atom. The first-order valence-corrected chi connectivity index (χ1v) is 3.75. The normalized spacial score (nSPS) is 9.43. The van der Waals surface area contributed by atoms with Crippen molar-refractivity contribution in [2.24, 2.45) is 0 Å². The lowest BCUT2D eigenvalue weighted by Gasteiger charge is -2.05. The molecule has 0 unspecified atom stereocenters. The highest BCUT2D eigenvalue weighted by Gasteiger charge is 2.14. The first-order valence-electron chi connectivity index (χ1n) is 3.75. The summed E-state index contributed by atoms with van der Waals surface area (Å²) < 4.78 is 13.0. The van der Waals surface area contributed by atoms with E-state index in [0.29, 0.717) is 0 Å². The van der Waals surface area contributed by atoms with E-state index < -0.39 is 18.2 Å². The van der Waals surface area contributed by atoms with E-state index in [-0.39, 0.29) is 16.8 Å². The molecule has 0 radical (unpaired) electrons. The van der Waals surface area contributed by atoms with Crippen LogP contribution in [0.2, 0.25) is 0 Å². The van der Waals surface area contributed by atoms with Gasteiger partial charge in [0.1, 0.15) is 11.9 Å². The van der Waals surface area contributed by atoms with Crippen LogP contribution in [-0.2, 0) is 11.2 Å². The molecule has 3 N–H and O–H groups in total. The second kappa shape index (κ2) is 3.75. The number of aliphatic carboxylic acids is 1. The fraction of sp³-hybridized carbons (Fsp3) is 0.111. The zero-order valence-electron chi connectivity index (χ0n) is 7.12. The zero-order chi connectivity index (χ0) is 10.7. The molecule has 1 aromatic carbocycles. The first kappa shape index (κ1) is 9.99. The number of carbonyl (C=O) groups is 1. The predicted molar refractivity (Wildman–Crippen MR) is 46.9 cm³/mol. The minimum atomic E-state index is -1.15. The van der Waals surface area contributed by atoms with E-state index in [1.54, 1.807) is 6.07 Å². The molecule has 1 rings (SSSR count). The van der Waals surface area contributed by atoms with E-state index in [2.05, 4.69) is 0 Å². The number of nitrogen functional groups attached to an aromatic ring is 1. The van der Waals surface area contributed by atoms with Gasteiger partial charge in [-0.05, 0) is 12.1 Å². The minimum Gasteiger partial charge on any atom is -0.481 e. The van der Waals surface area contributed by atoms with Gasteiger partial charge in [-0.15, -0.1) is 0 Å². The lowest BCUT2D eigenvalue weighted by atomic mass is 10.0. The number of halogens is 1. The zero-order valence-corrected chi connectivity index (χ0v) is 7.12. The first-order chi connectivity index (χ1) is 6.56. The molecule has 0 aliphatic heterocycles. The number of anilines is 1. The maximum atomic E-state index is 13.0. The molecule has 0 aliphatic carbocycles. The molecule has 0 bridgehead atoms. The Kier molecular flexibility index (Phi) is 2.67. The summed E-state index contributed by atoms with van der Waals surface area (Å²) in [6.07, 6.45) is -0.452. The summed E-state index contributed by atoms with van der Waals surface area (Å²) >= 11 is 0. The van der Waals surface area contributed by atoms with Gasteiger partial charge in [-0.3, -0.25) is 4.79 Å². The maximum absolute atomic E-state index is 13.0. The van der Waals surface area contributed by atoms with Crippen molar-refractivity contribution in [3.05, 3.63) is 29.1 Å². The van der Waals surface area contributed by atoms with Crippen molar-refractivity contribution in [2.45, 2.75) is 6.42 Å². The lowest BCUT2D eigenvalue weighted by molar-refractivity contribution is -0.136. The number of carboxylic acid groups (broad SMARTS) is 1. The Balaban J connectivity index is 3.31. The molecule has 0 amide bonds. The van der Waals surface area contributed by atoms with Gasteiger partial charge < -0.3 is 10.8 Å². The van der Waals surface area contributed by atoms with Gasteiger partial charge >= 0.3 is 5.97 Å². The number of nitrogens with two attached hydrogens (primary N) is 1. The molecule has 1 aromatic rings. The van der Waals surface area contributed by atoms with Gasteiger partial charge in [0, 0.05) is 11.3 Å². The van der Waals surface area contributed by atoms with Crippen molar-refractivity contribution in [1.82, 2.24) is 0 Å². The van der Waals surface area contributed by atoms with Gasteiger partial charge in [-0.1, -0.05) is 0 Å². The molecule has 4 nitrogen and oxygen atoms in total. The van der Waals surface area contributed by atoms with Crippen LogP contribution in [0.25, 0.3) is 0 Å². The van der Waals surface area contributed by atoms with Crippen molar-refractivity contribution in [3.8, 4) is 6.07 Å². The van der Waals surface area contributed by atoms with E-state index in [9.17, 15) is 9.18 Å². The van der Waals surface area contributed by atoms with Crippen LogP contribution in [0.1, 0.15) is 11.1 Å². The van der Waals surface area contributed by atoms with Crippen molar-refractivity contribution < 1.29 is 14.3 Å². The van der Waals surface area contributed by atoms with Crippen LogP contribution >= 0.6 is 0 Å². The smallest absolute Gasteiger partial charge is 0.307 e. The van der Waals surface area contributed by atoms with Crippen molar-refractivity contribution in [3.63, 3.8) is 0 Å². The van der Waals surface area contributed by atoms with Gasteiger partial charge in [-0.2, -0.15) is 5.26 Å². The van der Waals surface area contributed by atoms with E-state index in [0.717, 1.165) is 6.07 Å². The lowest BCUT2D eigenvalue weighted by Crippen LogP contribution is -2.07. The Hall–Kier alpha value is -2.09. The topological polar surface area (TPSA) is 87.1 Å². The molecule has 14 heavy (non-hydrogen) atoms. The SMILES string of the molecule is N#Cc1c(F)ccc(N)c1CC(=O)O. The van der Waals surface area contributed by atoms with Crippen LogP contribution in [-0.4, -0.2) is 11.1 Å². The fourth-order valence-corrected chi connectivity index (χ4v) is 1.10. The Morgan fingerprint density at radius 2 is 2.29 bits per heavy atom. The molecule has 0 saturated heterocycles. The van der Waals surface area contributed by atoms with E-state index in [4.69, 9.17) is 16.1 Å². The summed E-state index contributed by atoms with van der Waals surface area (Å²) in [6.45, 7) is 0. The molecule has 0 heterocycles. The maximum Gasteiger partial charge on any atom is 0.307 e. The summed E-state index contributed by atoms with van der Waals surface area (Å²) in [5, 5.41) is 17.1. The molecule has 0 aliphatic rings. The van der Waals surface area contributed by atoms with Gasteiger partial charge in [0.15, 0.2) is 0 Å². The molecule has 0 atom stereocenters. The summed E-state index contributed by atoms with van der Waals surface area (Å²) in [4.78, 5) is 10.4. The van der Waals surface area contributed by atoms with Crippen LogP contribution in [0.3, 0.4) is 0 Å². The number of nitrogens with zero attached hydrogens (tertiary/aromatic N) is 1. The Bertz CT molecular complexity index is 424. The third-order valence-corrected chi connectivity index (χ3v) is 1.74. The second-order valence-corrected chi connectivity index (χ2v) is 2.67. The van der Waals surface area contributed by atoms with Crippen molar-refractivity contribution in [2.75, 3.05) is 5.73 Å². The predicted octanol–water partition coefficient (Wildman–Crippen LogP) is 0.907. The van der Waals surface area contributed by atoms with Crippen LogP contribution in [0.15, 0.2) is 12.1 Å². The van der Waals surface area contributed by atoms with E-state index in [1.165, 1.54) is 6.07 Å². The number of carboxylic acids is 1. The monoisotopic (exact) mass is 194 g/mol.